The summed E-state index contributed by atoms with van der Waals surface area (Å²) in [5.41, 5.74) is 3.03. The molecule has 21 heavy (non-hydrogen) atoms. The number of fused-ring (bicyclic) bond motifs is 1. The van der Waals surface area contributed by atoms with Gasteiger partial charge in [0.15, 0.2) is 10.3 Å². The van der Waals surface area contributed by atoms with E-state index >= 15 is 0 Å². The van der Waals surface area contributed by atoms with Crippen molar-refractivity contribution in [2.24, 2.45) is 0 Å². The van der Waals surface area contributed by atoms with E-state index in [-0.39, 0.29) is 0 Å². The summed E-state index contributed by atoms with van der Waals surface area (Å²) in [6.45, 7) is 0. The molecule has 0 aliphatic carbocycles. The van der Waals surface area contributed by atoms with Crippen LogP contribution >= 0.6 is 34.9 Å². The van der Waals surface area contributed by atoms with Crippen LogP contribution in [0.25, 0.3) is 32.3 Å². The molecule has 102 valence electrons. The van der Waals surface area contributed by atoms with Gasteiger partial charge in [-0.15, -0.1) is 22.7 Å². The third-order valence-corrected chi connectivity index (χ3v) is 5.04. The van der Waals surface area contributed by atoms with E-state index in [9.17, 15) is 0 Å². The van der Waals surface area contributed by atoms with E-state index in [1.807, 2.05) is 35.0 Å². The highest BCUT2D eigenvalue weighted by molar-refractivity contribution is 7.71. The van der Waals surface area contributed by atoms with Gasteiger partial charge >= 0.3 is 0 Å². The SMILES string of the molecule is S=c1nc[nH]c2nc(-c3cccs3)c(-c3cccs3)nc12. The fraction of sp³-hybridized carbons (Fsp3) is 0. The first-order chi connectivity index (χ1) is 10.3. The van der Waals surface area contributed by atoms with Gasteiger partial charge in [-0.05, 0) is 22.9 Å². The fourth-order valence-corrected chi connectivity index (χ4v) is 3.69. The Hall–Kier alpha value is -1.96. The molecule has 4 aromatic rings. The second kappa shape index (κ2) is 5.10. The highest BCUT2D eigenvalue weighted by Crippen LogP contribution is 2.34. The maximum absolute atomic E-state index is 5.26. The molecule has 0 spiro atoms. The lowest BCUT2D eigenvalue weighted by atomic mass is 10.2. The zero-order valence-electron chi connectivity index (χ0n) is 10.6. The number of aromatic amines is 1. The molecule has 4 aromatic heterocycles. The van der Waals surface area contributed by atoms with Crippen LogP contribution < -0.4 is 0 Å². The van der Waals surface area contributed by atoms with Crippen LogP contribution in [-0.2, 0) is 0 Å². The van der Waals surface area contributed by atoms with Crippen LogP contribution in [0.5, 0.6) is 0 Å². The Kier molecular flexibility index (Phi) is 3.10. The van der Waals surface area contributed by atoms with Gasteiger partial charge in [-0.3, -0.25) is 0 Å². The van der Waals surface area contributed by atoms with Gasteiger partial charge in [0.05, 0.1) is 16.1 Å². The number of nitrogens with zero attached hydrogens (tertiary/aromatic N) is 3. The molecule has 0 radical (unpaired) electrons. The summed E-state index contributed by atoms with van der Waals surface area (Å²) in [6, 6.07) is 8.11. The van der Waals surface area contributed by atoms with Gasteiger partial charge in [-0.25, -0.2) is 15.0 Å². The Morgan fingerprint density at radius 2 is 1.62 bits per heavy atom. The molecular formula is C14H8N4S3. The first-order valence-electron chi connectivity index (χ1n) is 6.16. The lowest BCUT2D eigenvalue weighted by Gasteiger charge is -2.06. The van der Waals surface area contributed by atoms with Crippen molar-refractivity contribution >= 4 is 46.1 Å². The summed E-state index contributed by atoms with van der Waals surface area (Å²) in [5, 5.41) is 4.07. The van der Waals surface area contributed by atoms with Crippen molar-refractivity contribution in [1.29, 1.82) is 0 Å². The van der Waals surface area contributed by atoms with Crippen LogP contribution in [-0.4, -0.2) is 19.9 Å². The zero-order chi connectivity index (χ0) is 14.2. The topological polar surface area (TPSA) is 54.5 Å². The lowest BCUT2D eigenvalue weighted by Crippen LogP contribution is -1.96. The summed E-state index contributed by atoms with van der Waals surface area (Å²) >= 11 is 8.54. The molecule has 0 unspecified atom stereocenters. The largest absolute Gasteiger partial charge is 0.329 e. The number of aromatic nitrogens is 4. The Bertz CT molecular complexity index is 956. The van der Waals surface area contributed by atoms with E-state index in [2.05, 4.69) is 9.97 Å². The minimum absolute atomic E-state index is 0.465. The lowest BCUT2D eigenvalue weighted by molar-refractivity contribution is 1.14. The minimum atomic E-state index is 0.465. The van der Waals surface area contributed by atoms with E-state index in [0.29, 0.717) is 15.8 Å². The predicted octanol–water partition coefficient (Wildman–Crippen LogP) is 4.54. The fourth-order valence-electron chi connectivity index (χ4n) is 2.07. The van der Waals surface area contributed by atoms with E-state index in [1.54, 1.807) is 29.0 Å². The van der Waals surface area contributed by atoms with Crippen molar-refractivity contribution in [1.82, 2.24) is 19.9 Å². The Morgan fingerprint density at radius 3 is 2.24 bits per heavy atom. The van der Waals surface area contributed by atoms with Gasteiger partial charge in [0.25, 0.3) is 0 Å². The first-order valence-corrected chi connectivity index (χ1v) is 8.33. The van der Waals surface area contributed by atoms with Crippen molar-refractivity contribution in [3.8, 4) is 21.1 Å². The van der Waals surface area contributed by atoms with Gasteiger partial charge in [0.1, 0.15) is 16.9 Å². The Balaban J connectivity index is 2.11. The van der Waals surface area contributed by atoms with E-state index in [4.69, 9.17) is 22.2 Å². The molecule has 7 heteroatoms. The summed E-state index contributed by atoms with van der Waals surface area (Å²) in [4.78, 5) is 18.7. The van der Waals surface area contributed by atoms with E-state index in [0.717, 1.165) is 21.1 Å². The van der Waals surface area contributed by atoms with Gasteiger partial charge in [0.2, 0.25) is 0 Å². The third-order valence-electron chi connectivity index (χ3n) is 2.99. The van der Waals surface area contributed by atoms with Gasteiger partial charge in [0, 0.05) is 0 Å². The summed E-state index contributed by atoms with van der Waals surface area (Å²) in [7, 11) is 0. The Morgan fingerprint density at radius 1 is 0.952 bits per heavy atom. The molecule has 4 heterocycles. The molecule has 4 rings (SSSR count). The molecule has 0 saturated carbocycles. The average Bonchev–Trinajstić information content (AvgIpc) is 3.20. The van der Waals surface area contributed by atoms with E-state index in [1.165, 1.54) is 0 Å². The van der Waals surface area contributed by atoms with Crippen LogP contribution in [0.1, 0.15) is 0 Å². The minimum Gasteiger partial charge on any atom is -0.329 e. The molecule has 0 saturated heterocycles. The van der Waals surface area contributed by atoms with Crippen LogP contribution in [0, 0.1) is 4.64 Å². The maximum atomic E-state index is 5.26. The molecule has 0 aliphatic rings. The number of nitrogens with one attached hydrogen (secondary N) is 1. The number of hydrogen-bond donors (Lipinski definition) is 1. The normalized spacial score (nSPS) is 11.0. The number of H-pyrrole nitrogens is 1. The molecule has 0 amide bonds. The van der Waals surface area contributed by atoms with Gasteiger partial charge in [-0.1, -0.05) is 24.4 Å². The quantitative estimate of drug-likeness (QED) is 0.549. The molecule has 1 N–H and O–H groups in total. The smallest absolute Gasteiger partial charge is 0.161 e. The van der Waals surface area contributed by atoms with Crippen LogP contribution in [0.2, 0.25) is 0 Å². The van der Waals surface area contributed by atoms with Crippen LogP contribution in [0.4, 0.5) is 0 Å². The molecule has 4 nitrogen and oxygen atoms in total. The monoisotopic (exact) mass is 328 g/mol. The van der Waals surface area contributed by atoms with Crippen molar-refractivity contribution in [2.45, 2.75) is 0 Å². The third kappa shape index (κ3) is 2.19. The van der Waals surface area contributed by atoms with Crippen molar-refractivity contribution in [3.05, 3.63) is 46.0 Å². The van der Waals surface area contributed by atoms with Gasteiger partial charge < -0.3 is 4.98 Å². The number of rotatable bonds is 2. The second-order valence-corrected chi connectivity index (χ2v) is 6.56. The van der Waals surface area contributed by atoms with Crippen LogP contribution in [0.15, 0.2) is 41.4 Å². The number of hydrogen-bond acceptors (Lipinski definition) is 6. The standard InChI is InChI=1S/C14H8N4S3/c19-14-12-13(15-7-16-14)18-11(9-4-2-6-21-9)10(17-12)8-3-1-5-20-8/h1-7H,(H,15,16,18,19). The molecule has 0 atom stereocenters. The molecule has 0 aromatic carbocycles. The van der Waals surface area contributed by atoms with E-state index < -0.39 is 0 Å². The highest BCUT2D eigenvalue weighted by Gasteiger charge is 2.15. The van der Waals surface area contributed by atoms with Gasteiger partial charge in [-0.2, -0.15) is 0 Å². The molecule has 0 fully saturated rings. The number of thiophene rings is 2. The highest BCUT2D eigenvalue weighted by atomic mass is 32.1. The van der Waals surface area contributed by atoms with Crippen molar-refractivity contribution < 1.29 is 0 Å². The summed E-state index contributed by atoms with van der Waals surface area (Å²) in [5.74, 6) is 0. The van der Waals surface area contributed by atoms with Crippen molar-refractivity contribution in [3.63, 3.8) is 0 Å². The van der Waals surface area contributed by atoms with Crippen molar-refractivity contribution in [2.75, 3.05) is 0 Å². The molecule has 0 aliphatic heterocycles. The Labute approximate surface area is 133 Å². The maximum Gasteiger partial charge on any atom is 0.161 e. The average molecular weight is 328 g/mol. The molecular weight excluding hydrogens is 320 g/mol. The summed E-state index contributed by atoms with van der Waals surface area (Å²) in [6.07, 6.45) is 1.56. The summed E-state index contributed by atoms with van der Waals surface area (Å²) < 4.78 is 0.465. The second-order valence-electron chi connectivity index (χ2n) is 4.28. The zero-order valence-corrected chi connectivity index (χ0v) is 13.1. The molecule has 0 bridgehead atoms. The predicted molar refractivity (Wildman–Crippen MR) is 89.1 cm³/mol. The van der Waals surface area contributed by atoms with Crippen LogP contribution in [0.3, 0.4) is 0 Å². The first kappa shape index (κ1) is 12.8.